The minimum absolute atomic E-state index is 0.0895. The zero-order chi connectivity index (χ0) is 17.4. The summed E-state index contributed by atoms with van der Waals surface area (Å²) < 4.78 is 21.9. The Labute approximate surface area is 137 Å². The molecule has 0 spiro atoms. The van der Waals surface area contributed by atoms with E-state index >= 15 is 0 Å². The molecule has 2 aliphatic rings. The first-order chi connectivity index (χ1) is 10.5. The van der Waals surface area contributed by atoms with Gasteiger partial charge in [-0.2, -0.15) is 0 Å². The lowest BCUT2D eigenvalue weighted by Gasteiger charge is -2.48. The molecule has 0 unspecified atom stereocenters. The summed E-state index contributed by atoms with van der Waals surface area (Å²) in [5, 5.41) is 0. The molecular formula is C16H27NO6. The van der Waals surface area contributed by atoms with Crippen LogP contribution in [0.25, 0.3) is 0 Å². The Morgan fingerprint density at radius 2 is 1.87 bits per heavy atom. The number of carbonyl (C=O) groups is 2. The second-order valence-electron chi connectivity index (χ2n) is 7.57. The number of hydrogen-bond donors (Lipinski definition) is 0. The number of methoxy groups -OCH3 is 1. The summed E-state index contributed by atoms with van der Waals surface area (Å²) in [4.78, 5) is 26.0. The molecule has 7 nitrogen and oxygen atoms in total. The van der Waals surface area contributed by atoms with Crippen molar-refractivity contribution in [2.75, 3.05) is 26.8 Å². The van der Waals surface area contributed by atoms with Gasteiger partial charge in [-0.05, 0) is 34.6 Å². The van der Waals surface area contributed by atoms with E-state index in [1.54, 1.807) is 4.90 Å². The third kappa shape index (κ3) is 4.35. The molecule has 2 aliphatic heterocycles. The molecule has 1 amide bonds. The van der Waals surface area contributed by atoms with Crippen molar-refractivity contribution in [3.63, 3.8) is 0 Å². The maximum atomic E-state index is 12.3. The van der Waals surface area contributed by atoms with Crippen LogP contribution >= 0.6 is 0 Å². The largest absolute Gasteiger partial charge is 0.469 e. The Kier molecular flexibility index (Phi) is 4.92. The molecule has 2 saturated heterocycles. The Balaban J connectivity index is 2.16. The van der Waals surface area contributed by atoms with E-state index < -0.39 is 23.4 Å². The molecular weight excluding hydrogens is 302 g/mol. The van der Waals surface area contributed by atoms with Gasteiger partial charge in [0.05, 0.1) is 19.8 Å². The van der Waals surface area contributed by atoms with Crippen LogP contribution in [0.3, 0.4) is 0 Å². The summed E-state index contributed by atoms with van der Waals surface area (Å²) in [5.41, 5.74) is -0.587. The molecule has 0 saturated carbocycles. The molecule has 2 fully saturated rings. The molecule has 7 heteroatoms. The number of esters is 1. The third-order valence-electron chi connectivity index (χ3n) is 3.95. The average Bonchev–Trinajstić information content (AvgIpc) is 2.42. The van der Waals surface area contributed by atoms with Crippen molar-refractivity contribution >= 4 is 12.1 Å². The summed E-state index contributed by atoms with van der Waals surface area (Å²) >= 11 is 0. The van der Waals surface area contributed by atoms with Gasteiger partial charge in [-0.3, -0.25) is 4.79 Å². The van der Waals surface area contributed by atoms with Crippen LogP contribution in [-0.4, -0.2) is 61.3 Å². The third-order valence-corrected chi connectivity index (χ3v) is 3.95. The van der Waals surface area contributed by atoms with Crippen LogP contribution in [-0.2, 0) is 23.7 Å². The van der Waals surface area contributed by atoms with Gasteiger partial charge < -0.3 is 23.8 Å². The smallest absolute Gasteiger partial charge is 0.410 e. The molecule has 0 aromatic heterocycles. The van der Waals surface area contributed by atoms with Gasteiger partial charge in [0.25, 0.3) is 0 Å². The van der Waals surface area contributed by atoms with Crippen molar-refractivity contribution in [2.45, 2.75) is 52.1 Å². The Bertz CT molecular complexity index is 470. The standard InChI is InChI=1S/C16H27NO6/c1-15(2,3)23-14(19)17-7-10-9-21-16(4,5)22-12(10)11(8-17)13(18)20-6/h10-12H,7-9H2,1-6H3/t10-,11-,12+/m1/s1. The predicted molar refractivity (Wildman–Crippen MR) is 81.7 cm³/mol. The zero-order valence-electron chi connectivity index (χ0n) is 14.8. The SMILES string of the molecule is COC(=O)[C@@H]1CN(C(=O)OC(C)(C)C)C[C@@H]2COC(C)(C)O[C@@H]21. The molecule has 0 aromatic carbocycles. The average molecular weight is 329 g/mol. The number of nitrogens with zero attached hydrogens (tertiary/aromatic N) is 1. The lowest BCUT2D eigenvalue weighted by molar-refractivity contribution is -0.309. The molecule has 132 valence electrons. The Hall–Kier alpha value is -1.34. The highest BCUT2D eigenvalue weighted by molar-refractivity contribution is 5.75. The van der Waals surface area contributed by atoms with Crippen LogP contribution in [0, 0.1) is 11.8 Å². The summed E-state index contributed by atoms with van der Waals surface area (Å²) in [6.45, 7) is 10.1. The van der Waals surface area contributed by atoms with Crippen LogP contribution in [0.15, 0.2) is 0 Å². The number of likely N-dealkylation sites (tertiary alicyclic amines) is 1. The molecule has 3 atom stereocenters. The second-order valence-corrected chi connectivity index (χ2v) is 7.57. The van der Waals surface area contributed by atoms with E-state index in [1.807, 2.05) is 34.6 Å². The van der Waals surface area contributed by atoms with Gasteiger partial charge in [0.2, 0.25) is 0 Å². The minimum Gasteiger partial charge on any atom is -0.469 e. The maximum Gasteiger partial charge on any atom is 0.410 e. The van der Waals surface area contributed by atoms with Crippen molar-refractivity contribution in [1.82, 2.24) is 4.90 Å². The second kappa shape index (κ2) is 6.28. The first-order valence-corrected chi connectivity index (χ1v) is 7.90. The summed E-state index contributed by atoms with van der Waals surface area (Å²) in [7, 11) is 1.34. The minimum atomic E-state index is -0.748. The van der Waals surface area contributed by atoms with Crippen molar-refractivity contribution in [2.24, 2.45) is 11.8 Å². The Morgan fingerprint density at radius 1 is 1.22 bits per heavy atom. The van der Waals surface area contributed by atoms with Crippen LogP contribution in [0.1, 0.15) is 34.6 Å². The first kappa shape index (κ1) is 18.0. The monoisotopic (exact) mass is 329 g/mol. The zero-order valence-corrected chi connectivity index (χ0v) is 14.8. The van der Waals surface area contributed by atoms with Crippen LogP contribution < -0.4 is 0 Å². The fraction of sp³-hybridized carbons (Fsp3) is 0.875. The lowest BCUT2D eigenvalue weighted by atomic mass is 9.85. The van der Waals surface area contributed by atoms with E-state index in [9.17, 15) is 9.59 Å². The van der Waals surface area contributed by atoms with Crippen LogP contribution in [0.5, 0.6) is 0 Å². The quantitative estimate of drug-likeness (QED) is 0.683. The summed E-state index contributed by atoms with van der Waals surface area (Å²) in [6.07, 6.45) is -0.764. The van der Waals surface area contributed by atoms with E-state index in [-0.39, 0.29) is 24.5 Å². The first-order valence-electron chi connectivity index (χ1n) is 7.90. The van der Waals surface area contributed by atoms with Gasteiger partial charge in [-0.15, -0.1) is 0 Å². The molecule has 0 bridgehead atoms. The predicted octanol–water partition coefficient (Wildman–Crippen LogP) is 1.79. The van der Waals surface area contributed by atoms with E-state index in [0.717, 1.165) is 0 Å². The summed E-state index contributed by atoms with van der Waals surface area (Å²) in [6, 6.07) is 0. The highest BCUT2D eigenvalue weighted by atomic mass is 16.7. The molecule has 2 rings (SSSR count). The molecule has 0 radical (unpaired) electrons. The van der Waals surface area contributed by atoms with E-state index in [1.165, 1.54) is 7.11 Å². The Morgan fingerprint density at radius 3 is 2.43 bits per heavy atom. The van der Waals surface area contributed by atoms with E-state index in [4.69, 9.17) is 18.9 Å². The number of amides is 1. The van der Waals surface area contributed by atoms with E-state index in [0.29, 0.717) is 13.2 Å². The highest BCUT2D eigenvalue weighted by Gasteiger charge is 2.49. The number of ether oxygens (including phenoxy) is 4. The van der Waals surface area contributed by atoms with Gasteiger partial charge in [0.15, 0.2) is 5.79 Å². The molecule has 2 heterocycles. The maximum absolute atomic E-state index is 12.3. The fourth-order valence-corrected chi connectivity index (χ4v) is 2.96. The number of piperidine rings is 1. The molecule has 23 heavy (non-hydrogen) atoms. The van der Waals surface area contributed by atoms with E-state index in [2.05, 4.69) is 0 Å². The molecule has 0 N–H and O–H groups in total. The van der Waals surface area contributed by atoms with Crippen molar-refractivity contribution in [3.8, 4) is 0 Å². The lowest BCUT2D eigenvalue weighted by Crippen LogP contribution is -2.61. The normalized spacial score (nSPS) is 30.3. The van der Waals surface area contributed by atoms with Crippen molar-refractivity contribution in [1.29, 1.82) is 0 Å². The van der Waals surface area contributed by atoms with Crippen LogP contribution in [0.2, 0.25) is 0 Å². The number of rotatable bonds is 1. The van der Waals surface area contributed by atoms with Gasteiger partial charge in [0.1, 0.15) is 11.5 Å². The van der Waals surface area contributed by atoms with Gasteiger partial charge in [0, 0.05) is 19.0 Å². The van der Waals surface area contributed by atoms with Gasteiger partial charge in [-0.25, -0.2) is 4.79 Å². The number of fused-ring (bicyclic) bond motifs is 1. The van der Waals surface area contributed by atoms with Crippen LogP contribution in [0.4, 0.5) is 4.79 Å². The summed E-state index contributed by atoms with van der Waals surface area (Å²) in [5.74, 6) is -1.77. The van der Waals surface area contributed by atoms with Gasteiger partial charge in [-0.1, -0.05) is 0 Å². The molecule has 0 aromatic rings. The van der Waals surface area contributed by atoms with Gasteiger partial charge >= 0.3 is 12.1 Å². The highest BCUT2D eigenvalue weighted by Crippen LogP contribution is 2.35. The number of hydrogen-bond acceptors (Lipinski definition) is 6. The molecule has 0 aliphatic carbocycles. The van der Waals surface area contributed by atoms with Crippen molar-refractivity contribution < 1.29 is 28.5 Å². The van der Waals surface area contributed by atoms with Crippen molar-refractivity contribution in [3.05, 3.63) is 0 Å². The fourth-order valence-electron chi connectivity index (χ4n) is 2.96. The number of carbonyl (C=O) groups excluding carboxylic acids is 2. The topological polar surface area (TPSA) is 74.3 Å².